The number of rotatable bonds is 3. The van der Waals surface area contributed by atoms with E-state index in [0.29, 0.717) is 5.71 Å². The Bertz CT molecular complexity index is 4140. The fraction of sp³-hybridized carbons (Fsp3) is 0. The summed E-state index contributed by atoms with van der Waals surface area (Å²) in [5.74, 6) is 0.753. The van der Waals surface area contributed by atoms with Crippen molar-refractivity contribution in [2.75, 3.05) is 0 Å². The van der Waals surface area contributed by atoms with Crippen molar-refractivity contribution < 1.29 is 4.42 Å². The number of aromatic nitrogens is 4. The third-order valence-electron chi connectivity index (χ3n) is 12.9. The number of furan rings is 1. The summed E-state index contributed by atoms with van der Waals surface area (Å²) in [4.78, 5) is 11.3. The normalized spacial score (nSPS) is 12.3. The Kier molecular flexibility index (Phi) is 6.49. The highest BCUT2D eigenvalue weighted by Crippen LogP contribution is 2.47. The lowest BCUT2D eigenvalue weighted by Crippen LogP contribution is -2.03. The van der Waals surface area contributed by atoms with E-state index in [4.69, 9.17) is 14.4 Å². The van der Waals surface area contributed by atoms with Gasteiger partial charge in [-0.25, -0.2) is 9.97 Å². The van der Waals surface area contributed by atoms with Gasteiger partial charge >= 0.3 is 0 Å². The van der Waals surface area contributed by atoms with Gasteiger partial charge in [-0.3, -0.25) is 4.57 Å². The molecule has 0 N–H and O–H groups in total. The van der Waals surface area contributed by atoms with E-state index in [1.807, 2.05) is 18.2 Å². The molecule has 0 bridgehead atoms. The summed E-state index contributed by atoms with van der Waals surface area (Å²) in [5.41, 5.74) is 9.22. The first-order valence-corrected chi connectivity index (χ1v) is 20.8. The Morgan fingerprint density at radius 1 is 0.344 bits per heavy atom. The van der Waals surface area contributed by atoms with Crippen LogP contribution in [0.1, 0.15) is 0 Å². The maximum absolute atomic E-state index is 6.55. The maximum atomic E-state index is 6.55. The molecule has 0 unspecified atom stereocenters. The van der Waals surface area contributed by atoms with Gasteiger partial charge in [-0.15, -0.1) is 0 Å². The zero-order valence-corrected chi connectivity index (χ0v) is 32.7. The van der Waals surface area contributed by atoms with E-state index in [9.17, 15) is 0 Å². The number of hydrogen-bond donors (Lipinski definition) is 0. The first-order chi connectivity index (χ1) is 30.3. The van der Waals surface area contributed by atoms with Crippen LogP contribution in [0.25, 0.3) is 132 Å². The van der Waals surface area contributed by atoms with Crippen molar-refractivity contribution in [1.82, 2.24) is 19.1 Å². The van der Waals surface area contributed by atoms with Gasteiger partial charge in [0.2, 0.25) is 5.71 Å². The Labute approximate surface area is 347 Å². The fourth-order valence-electron chi connectivity index (χ4n) is 10.4. The van der Waals surface area contributed by atoms with E-state index in [2.05, 4.69) is 185 Å². The molecule has 61 heavy (non-hydrogen) atoms. The summed E-state index contributed by atoms with van der Waals surface area (Å²) in [6.07, 6.45) is 0. The van der Waals surface area contributed by atoms with Crippen molar-refractivity contribution in [2.45, 2.75) is 0 Å². The highest BCUT2D eigenvalue weighted by atomic mass is 16.3. The highest BCUT2D eigenvalue weighted by molar-refractivity contribution is 6.38. The van der Waals surface area contributed by atoms with Crippen LogP contribution in [-0.4, -0.2) is 19.1 Å². The van der Waals surface area contributed by atoms with Crippen molar-refractivity contribution >= 4 is 109 Å². The molecule has 10 aromatic carbocycles. The van der Waals surface area contributed by atoms with E-state index < -0.39 is 0 Å². The van der Waals surface area contributed by atoms with Gasteiger partial charge in [0, 0.05) is 43.6 Å². The smallest absolute Gasteiger partial charge is 0.247 e. The molecule has 0 radical (unpaired) electrons. The molecule has 5 nitrogen and oxygen atoms in total. The first kappa shape index (κ1) is 32.7. The molecule has 0 saturated heterocycles. The fourth-order valence-corrected chi connectivity index (χ4v) is 10.4. The molecule has 0 aliphatic carbocycles. The predicted molar refractivity (Wildman–Crippen MR) is 253 cm³/mol. The second kappa shape index (κ2) is 12.1. The Hall–Kier alpha value is -8.28. The summed E-state index contributed by atoms with van der Waals surface area (Å²) in [7, 11) is 0. The van der Waals surface area contributed by atoms with Crippen molar-refractivity contribution in [3.05, 3.63) is 194 Å². The molecule has 14 aromatic rings. The van der Waals surface area contributed by atoms with Crippen LogP contribution in [-0.2, 0) is 0 Å². The summed E-state index contributed by atoms with van der Waals surface area (Å²) in [6.45, 7) is 0. The molecule has 0 atom stereocenters. The molecule has 14 rings (SSSR count). The topological polar surface area (TPSA) is 48.8 Å². The van der Waals surface area contributed by atoms with Crippen LogP contribution in [0.15, 0.2) is 199 Å². The van der Waals surface area contributed by atoms with Gasteiger partial charge in [0.05, 0.1) is 22.1 Å². The van der Waals surface area contributed by atoms with E-state index in [1.54, 1.807) is 0 Å². The molecule has 5 heteroatoms. The van der Waals surface area contributed by atoms with Crippen molar-refractivity contribution in [3.63, 3.8) is 0 Å². The van der Waals surface area contributed by atoms with Crippen molar-refractivity contribution in [3.8, 4) is 22.8 Å². The van der Waals surface area contributed by atoms with Gasteiger partial charge in [-0.05, 0) is 86.2 Å². The minimum atomic E-state index is 0.512. The second-order valence-corrected chi connectivity index (χ2v) is 16.0. The average Bonchev–Trinajstić information content (AvgIpc) is 3.99. The Morgan fingerprint density at radius 3 is 1.75 bits per heavy atom. The molecule has 0 aliphatic rings. The molecule has 4 aromatic heterocycles. The molecular weight excluding hydrogens is 745 g/mol. The second-order valence-electron chi connectivity index (χ2n) is 16.0. The van der Waals surface area contributed by atoms with Crippen LogP contribution in [0.4, 0.5) is 0 Å². The van der Waals surface area contributed by atoms with Crippen molar-refractivity contribution in [2.24, 2.45) is 0 Å². The van der Waals surface area contributed by atoms with Crippen LogP contribution in [0.3, 0.4) is 0 Å². The molecule has 0 amide bonds. The summed E-state index contributed by atoms with van der Waals surface area (Å²) in [5, 5.41) is 15.4. The zero-order chi connectivity index (χ0) is 39.8. The largest absolute Gasteiger partial charge is 0.436 e. The van der Waals surface area contributed by atoms with Gasteiger partial charge in [0.1, 0.15) is 16.8 Å². The lowest BCUT2D eigenvalue weighted by Gasteiger charge is -2.15. The summed E-state index contributed by atoms with van der Waals surface area (Å²) < 4.78 is 11.3. The SMILES string of the molecule is c1ccc(-n2c3ccccc3c3c(-c4nc5oc6ccccc6c5nc4-n4c5ccc6ccccc6c5c5c6c7ccccc7c7ccccc7c6ccc54)cccc32)cc1. The van der Waals surface area contributed by atoms with Gasteiger partial charge in [0.25, 0.3) is 0 Å². The Morgan fingerprint density at radius 2 is 0.934 bits per heavy atom. The highest BCUT2D eigenvalue weighted by Gasteiger charge is 2.27. The molecule has 0 saturated carbocycles. The number of fused-ring (bicyclic) bond motifs is 18. The molecule has 282 valence electrons. The average molecular weight is 777 g/mol. The van der Waals surface area contributed by atoms with Crippen molar-refractivity contribution in [1.29, 1.82) is 0 Å². The number of hydrogen-bond acceptors (Lipinski definition) is 3. The molecular formula is C56H32N4O. The standard InChI is InChI=1S/C56H32N4O/c1-2-16-34(17-3-1)59-44-26-12-10-23-41(44)49-43(25-14-27-45(49)59)53-55(57-54-42-24-11-13-28-48(42)61-56(54)58-53)60-46-31-29-33-15-4-5-18-35(33)51(46)52-47(60)32-30-40-38-21-7-6-19-36(38)37-20-8-9-22-39(37)50(40)52/h1-32H. The van der Waals surface area contributed by atoms with Gasteiger partial charge in [-0.2, -0.15) is 0 Å². The quantitative estimate of drug-likeness (QED) is 0.168. The molecule has 4 heterocycles. The summed E-state index contributed by atoms with van der Waals surface area (Å²) in [6, 6.07) is 69.6. The van der Waals surface area contributed by atoms with Gasteiger partial charge < -0.3 is 8.98 Å². The molecule has 0 aliphatic heterocycles. The molecule has 0 fully saturated rings. The third-order valence-corrected chi connectivity index (χ3v) is 12.9. The number of benzene rings is 10. The lowest BCUT2D eigenvalue weighted by atomic mass is 9.91. The minimum Gasteiger partial charge on any atom is -0.436 e. The summed E-state index contributed by atoms with van der Waals surface area (Å²) >= 11 is 0. The van der Waals surface area contributed by atoms with Crippen LogP contribution >= 0.6 is 0 Å². The van der Waals surface area contributed by atoms with Crippen LogP contribution < -0.4 is 0 Å². The zero-order valence-electron chi connectivity index (χ0n) is 32.7. The first-order valence-electron chi connectivity index (χ1n) is 20.8. The minimum absolute atomic E-state index is 0.512. The van der Waals surface area contributed by atoms with E-state index >= 15 is 0 Å². The van der Waals surface area contributed by atoms with Crippen LogP contribution in [0, 0.1) is 0 Å². The van der Waals surface area contributed by atoms with Crippen LogP contribution in [0.2, 0.25) is 0 Å². The molecule has 0 spiro atoms. The maximum Gasteiger partial charge on any atom is 0.247 e. The number of nitrogens with zero attached hydrogens (tertiary/aromatic N) is 4. The lowest BCUT2D eigenvalue weighted by molar-refractivity contribution is 0.653. The van der Waals surface area contributed by atoms with E-state index in [0.717, 1.165) is 72.1 Å². The predicted octanol–water partition coefficient (Wildman–Crippen LogP) is 14.8. The third kappa shape index (κ3) is 4.39. The van der Waals surface area contributed by atoms with E-state index in [1.165, 1.54) is 53.9 Å². The van der Waals surface area contributed by atoms with Gasteiger partial charge in [-0.1, -0.05) is 146 Å². The Balaban J connectivity index is 1.21. The van der Waals surface area contributed by atoms with Crippen LogP contribution in [0.5, 0.6) is 0 Å². The van der Waals surface area contributed by atoms with Gasteiger partial charge in [0.15, 0.2) is 5.82 Å². The van der Waals surface area contributed by atoms with E-state index in [-0.39, 0.29) is 0 Å². The monoisotopic (exact) mass is 776 g/mol. The number of para-hydroxylation sites is 3.